The zero-order valence-electron chi connectivity index (χ0n) is 13.9. The molecular formula is C17H21N3O4. The number of benzene rings is 1. The van der Waals surface area contributed by atoms with Gasteiger partial charge in [0.25, 0.3) is 5.91 Å². The summed E-state index contributed by atoms with van der Waals surface area (Å²) in [5.41, 5.74) is 1.01. The molecule has 0 aliphatic heterocycles. The van der Waals surface area contributed by atoms with Crippen molar-refractivity contribution in [1.82, 2.24) is 9.78 Å². The number of nitrogens with zero attached hydrogens (tertiary/aromatic N) is 2. The Morgan fingerprint density at radius 2 is 1.88 bits per heavy atom. The molecule has 0 saturated heterocycles. The van der Waals surface area contributed by atoms with E-state index in [4.69, 9.17) is 9.84 Å². The molecule has 1 atom stereocenters. The summed E-state index contributed by atoms with van der Waals surface area (Å²) in [5.74, 6) is -0.484. The third kappa shape index (κ3) is 4.20. The molecule has 1 aromatic heterocycles. The Morgan fingerprint density at radius 1 is 1.21 bits per heavy atom. The molecule has 2 rings (SSSR count). The molecule has 2 N–H and O–H groups in total. The zero-order chi connectivity index (χ0) is 17.7. The van der Waals surface area contributed by atoms with Crippen LogP contribution in [0.5, 0.6) is 0 Å². The Morgan fingerprint density at radius 3 is 2.46 bits per heavy atom. The molecule has 24 heavy (non-hydrogen) atoms. The van der Waals surface area contributed by atoms with Crippen LogP contribution in [0, 0.1) is 0 Å². The molecule has 0 spiro atoms. The normalized spacial score (nSPS) is 12.0. The minimum Gasteiger partial charge on any atom is -0.449 e. The third-order valence-corrected chi connectivity index (χ3v) is 3.44. The summed E-state index contributed by atoms with van der Waals surface area (Å²) < 4.78 is 6.84. The van der Waals surface area contributed by atoms with Gasteiger partial charge in [-0.15, -0.1) is 0 Å². The number of anilines is 1. The van der Waals surface area contributed by atoms with Crippen LogP contribution in [-0.4, -0.2) is 32.9 Å². The number of rotatable bonds is 6. The van der Waals surface area contributed by atoms with Crippen molar-refractivity contribution in [3.63, 3.8) is 0 Å². The first-order valence-corrected chi connectivity index (χ1v) is 7.67. The smallest absolute Gasteiger partial charge is 0.338 e. The summed E-state index contributed by atoms with van der Waals surface area (Å²) >= 11 is 0. The number of esters is 1. The molecule has 1 heterocycles. The highest BCUT2D eigenvalue weighted by molar-refractivity contribution is 5.96. The molecule has 1 amide bonds. The standard InChI is InChI=1S/C17H21N3O4/c1-11(2)20-15(8-9-18-20)19-16(22)12(3)24-17(23)14-6-4-13(10-21)5-7-14/h4-9,11-12,21H,10H2,1-3H3,(H,19,22)/t12-/m0/s1. The number of aliphatic hydroxyl groups excluding tert-OH is 1. The van der Waals surface area contributed by atoms with E-state index in [2.05, 4.69) is 10.4 Å². The van der Waals surface area contributed by atoms with Gasteiger partial charge in [0.1, 0.15) is 5.82 Å². The van der Waals surface area contributed by atoms with E-state index in [-0.39, 0.29) is 12.6 Å². The quantitative estimate of drug-likeness (QED) is 0.791. The highest BCUT2D eigenvalue weighted by Crippen LogP contribution is 2.14. The highest BCUT2D eigenvalue weighted by atomic mass is 16.5. The van der Waals surface area contributed by atoms with E-state index in [0.717, 1.165) is 0 Å². The lowest BCUT2D eigenvalue weighted by molar-refractivity contribution is -0.123. The van der Waals surface area contributed by atoms with Crippen molar-refractivity contribution >= 4 is 17.7 Å². The molecule has 0 radical (unpaired) electrons. The van der Waals surface area contributed by atoms with Crippen LogP contribution in [0.4, 0.5) is 5.82 Å². The minimum atomic E-state index is -0.953. The first-order valence-electron chi connectivity index (χ1n) is 7.67. The van der Waals surface area contributed by atoms with E-state index in [1.807, 2.05) is 13.8 Å². The van der Waals surface area contributed by atoms with E-state index in [9.17, 15) is 9.59 Å². The summed E-state index contributed by atoms with van der Waals surface area (Å²) in [6, 6.07) is 8.13. The number of amides is 1. The lowest BCUT2D eigenvalue weighted by Crippen LogP contribution is -2.31. The molecule has 7 nitrogen and oxygen atoms in total. The lowest BCUT2D eigenvalue weighted by Gasteiger charge is -2.15. The molecule has 7 heteroatoms. The Bertz CT molecular complexity index is 707. The van der Waals surface area contributed by atoms with Crippen molar-refractivity contribution in [1.29, 1.82) is 0 Å². The minimum absolute atomic E-state index is 0.0956. The molecule has 0 aliphatic carbocycles. The first kappa shape index (κ1) is 17.7. The fraction of sp³-hybridized carbons (Fsp3) is 0.353. The van der Waals surface area contributed by atoms with Gasteiger partial charge in [0, 0.05) is 12.1 Å². The van der Waals surface area contributed by atoms with Gasteiger partial charge >= 0.3 is 5.97 Å². The van der Waals surface area contributed by atoms with Crippen molar-refractivity contribution in [2.45, 2.75) is 39.5 Å². The Labute approximate surface area is 140 Å². The fourth-order valence-corrected chi connectivity index (χ4v) is 2.08. The van der Waals surface area contributed by atoms with Gasteiger partial charge in [0.05, 0.1) is 18.4 Å². The van der Waals surface area contributed by atoms with Gasteiger partial charge in [-0.1, -0.05) is 12.1 Å². The second-order valence-electron chi connectivity index (χ2n) is 5.65. The molecule has 0 saturated carbocycles. The molecule has 0 unspecified atom stereocenters. The number of carbonyl (C=O) groups is 2. The number of ether oxygens (including phenoxy) is 1. The number of carbonyl (C=O) groups excluding carboxylic acids is 2. The number of nitrogens with one attached hydrogen (secondary N) is 1. The van der Waals surface area contributed by atoms with E-state index in [1.165, 1.54) is 6.92 Å². The van der Waals surface area contributed by atoms with Gasteiger partial charge in [-0.3, -0.25) is 4.79 Å². The van der Waals surface area contributed by atoms with E-state index in [0.29, 0.717) is 16.9 Å². The van der Waals surface area contributed by atoms with Gasteiger partial charge in [-0.2, -0.15) is 5.10 Å². The Balaban J connectivity index is 1.97. The van der Waals surface area contributed by atoms with Crippen LogP contribution in [0.15, 0.2) is 36.5 Å². The number of aromatic nitrogens is 2. The fourth-order valence-electron chi connectivity index (χ4n) is 2.08. The molecule has 1 aromatic carbocycles. The van der Waals surface area contributed by atoms with E-state index >= 15 is 0 Å². The molecule has 128 valence electrons. The van der Waals surface area contributed by atoms with Crippen molar-refractivity contribution in [3.8, 4) is 0 Å². The van der Waals surface area contributed by atoms with Crippen LogP contribution >= 0.6 is 0 Å². The largest absolute Gasteiger partial charge is 0.449 e. The zero-order valence-corrected chi connectivity index (χ0v) is 13.9. The topological polar surface area (TPSA) is 93.5 Å². The molecule has 0 fully saturated rings. The maximum Gasteiger partial charge on any atom is 0.338 e. The third-order valence-electron chi connectivity index (χ3n) is 3.44. The average Bonchev–Trinajstić information content (AvgIpc) is 3.03. The van der Waals surface area contributed by atoms with Crippen LogP contribution in [0.25, 0.3) is 0 Å². The Hall–Kier alpha value is -2.67. The van der Waals surface area contributed by atoms with Gasteiger partial charge in [-0.25, -0.2) is 9.48 Å². The maximum absolute atomic E-state index is 12.2. The van der Waals surface area contributed by atoms with Crippen molar-refractivity contribution in [2.75, 3.05) is 5.32 Å². The molecular weight excluding hydrogens is 310 g/mol. The molecule has 0 bridgehead atoms. The summed E-state index contributed by atoms with van der Waals surface area (Å²) in [4.78, 5) is 24.2. The number of hydrogen-bond donors (Lipinski definition) is 2. The van der Waals surface area contributed by atoms with E-state index in [1.54, 1.807) is 41.2 Å². The van der Waals surface area contributed by atoms with Crippen LogP contribution in [0.2, 0.25) is 0 Å². The first-order chi connectivity index (χ1) is 11.4. The van der Waals surface area contributed by atoms with Crippen molar-refractivity contribution in [2.24, 2.45) is 0 Å². The summed E-state index contributed by atoms with van der Waals surface area (Å²) in [6.45, 7) is 5.30. The monoisotopic (exact) mass is 331 g/mol. The Kier molecular flexibility index (Phi) is 5.70. The molecule has 2 aromatic rings. The second kappa shape index (κ2) is 7.74. The van der Waals surface area contributed by atoms with Gasteiger partial charge in [0.2, 0.25) is 0 Å². The lowest BCUT2D eigenvalue weighted by atomic mass is 10.1. The number of aliphatic hydroxyl groups is 1. The van der Waals surface area contributed by atoms with Crippen LogP contribution < -0.4 is 5.32 Å². The summed E-state index contributed by atoms with van der Waals surface area (Å²) in [5, 5.41) is 15.8. The van der Waals surface area contributed by atoms with Crippen LogP contribution in [-0.2, 0) is 16.1 Å². The average molecular weight is 331 g/mol. The predicted molar refractivity (Wildman–Crippen MR) is 88.5 cm³/mol. The summed E-state index contributed by atoms with van der Waals surface area (Å²) in [7, 11) is 0. The predicted octanol–water partition coefficient (Wildman–Crippen LogP) is 2.14. The summed E-state index contributed by atoms with van der Waals surface area (Å²) in [6.07, 6.45) is 0.639. The van der Waals surface area contributed by atoms with Crippen molar-refractivity contribution in [3.05, 3.63) is 47.7 Å². The van der Waals surface area contributed by atoms with Gasteiger partial charge in [-0.05, 0) is 38.5 Å². The second-order valence-corrected chi connectivity index (χ2v) is 5.65. The van der Waals surface area contributed by atoms with Crippen LogP contribution in [0.1, 0.15) is 42.7 Å². The highest BCUT2D eigenvalue weighted by Gasteiger charge is 2.20. The van der Waals surface area contributed by atoms with Gasteiger partial charge in [0.15, 0.2) is 6.10 Å². The maximum atomic E-state index is 12.2. The van der Waals surface area contributed by atoms with Crippen molar-refractivity contribution < 1.29 is 19.4 Å². The van der Waals surface area contributed by atoms with Gasteiger partial charge < -0.3 is 15.2 Å². The van der Waals surface area contributed by atoms with Crippen LogP contribution in [0.3, 0.4) is 0 Å². The SMILES string of the molecule is CC(C)n1nccc1NC(=O)[C@H](C)OC(=O)c1ccc(CO)cc1. The number of hydrogen-bond acceptors (Lipinski definition) is 5. The molecule has 0 aliphatic rings. The van der Waals surface area contributed by atoms with E-state index < -0.39 is 18.0 Å².